The topological polar surface area (TPSA) is 66.5 Å². The van der Waals surface area contributed by atoms with Crippen molar-refractivity contribution < 1.29 is 9.53 Å². The van der Waals surface area contributed by atoms with E-state index in [0.29, 0.717) is 11.4 Å². The first-order valence-corrected chi connectivity index (χ1v) is 11.6. The summed E-state index contributed by atoms with van der Waals surface area (Å²) >= 11 is 0. The Morgan fingerprint density at radius 3 is 2.76 bits per heavy atom. The third-order valence-corrected chi connectivity index (χ3v) is 5.86. The number of anilines is 1. The third kappa shape index (κ3) is 4.60. The molecule has 2 aromatic carbocycles. The van der Waals surface area contributed by atoms with Crippen molar-refractivity contribution in [1.29, 1.82) is 0 Å². The predicted octanol–water partition coefficient (Wildman–Crippen LogP) is 4.96. The molecule has 1 fully saturated rings. The number of amides is 1. The molecule has 172 valence electrons. The predicted molar refractivity (Wildman–Crippen MR) is 136 cm³/mol. The molecule has 6 heteroatoms. The molecule has 6 nitrogen and oxygen atoms in total. The van der Waals surface area contributed by atoms with Crippen LogP contribution in [0.25, 0.3) is 16.5 Å². The summed E-state index contributed by atoms with van der Waals surface area (Å²) in [4.78, 5) is 19.5. The number of hydrogen-bond acceptors (Lipinski definition) is 5. The summed E-state index contributed by atoms with van der Waals surface area (Å²) < 4.78 is 5.65. The number of carbonyl (C=O) groups is 1. The van der Waals surface area contributed by atoms with Gasteiger partial charge >= 0.3 is 0 Å². The zero-order chi connectivity index (χ0) is 23.7. The normalized spacial score (nSPS) is 15.4. The summed E-state index contributed by atoms with van der Waals surface area (Å²) in [5.41, 5.74) is 8.64. The Morgan fingerprint density at radius 2 is 1.97 bits per heavy atom. The van der Waals surface area contributed by atoms with E-state index in [4.69, 9.17) is 4.74 Å². The van der Waals surface area contributed by atoms with E-state index in [0.717, 1.165) is 47.3 Å². The van der Waals surface area contributed by atoms with E-state index in [2.05, 4.69) is 57.4 Å². The van der Waals surface area contributed by atoms with E-state index >= 15 is 0 Å². The maximum absolute atomic E-state index is 12.8. The van der Waals surface area contributed by atoms with E-state index in [1.165, 1.54) is 11.4 Å². The molecule has 3 aromatic rings. The summed E-state index contributed by atoms with van der Waals surface area (Å²) in [5.74, 6) is 1.06. The van der Waals surface area contributed by atoms with E-state index < -0.39 is 0 Å². The van der Waals surface area contributed by atoms with E-state index in [1.54, 1.807) is 18.3 Å². The molecule has 34 heavy (non-hydrogen) atoms. The lowest BCUT2D eigenvalue weighted by Gasteiger charge is -2.35. The second-order valence-electron chi connectivity index (χ2n) is 8.89. The van der Waals surface area contributed by atoms with Crippen molar-refractivity contribution >= 4 is 28.2 Å². The number of nitrogens with zero attached hydrogens (tertiary/aromatic N) is 2. The number of benzene rings is 2. The van der Waals surface area contributed by atoms with Crippen LogP contribution >= 0.6 is 0 Å². The summed E-state index contributed by atoms with van der Waals surface area (Å²) in [6.07, 6.45) is 4.07. The summed E-state index contributed by atoms with van der Waals surface area (Å²) in [5, 5.41) is 8.39. The fourth-order valence-electron chi connectivity index (χ4n) is 4.31. The summed E-state index contributed by atoms with van der Waals surface area (Å²) in [7, 11) is 0. The SMILES string of the molecule is CC1=C=C2CNCCN2C(c2ccc3cnc(NC(=O)c4ccc(OC(C)C)cc4)cc3c2)=C1. The van der Waals surface area contributed by atoms with Gasteiger partial charge in [0, 0.05) is 42.5 Å². The highest BCUT2D eigenvalue weighted by atomic mass is 16.5. The largest absolute Gasteiger partial charge is 0.491 e. The Kier molecular flexibility index (Phi) is 5.93. The number of carbonyl (C=O) groups excluding carboxylic acids is 1. The van der Waals surface area contributed by atoms with Crippen molar-refractivity contribution in [2.45, 2.75) is 26.9 Å². The number of fused-ring (bicyclic) bond motifs is 2. The zero-order valence-corrected chi connectivity index (χ0v) is 19.7. The maximum atomic E-state index is 12.8. The fraction of sp³-hybridized carbons (Fsp3) is 0.250. The Morgan fingerprint density at radius 1 is 1.15 bits per heavy atom. The van der Waals surface area contributed by atoms with E-state index in [-0.39, 0.29) is 12.0 Å². The van der Waals surface area contributed by atoms with Crippen molar-refractivity contribution in [1.82, 2.24) is 15.2 Å². The molecule has 2 aliphatic rings. The number of allylic oxidation sites excluding steroid dienone is 1. The van der Waals surface area contributed by atoms with Gasteiger partial charge in [-0.3, -0.25) is 4.79 Å². The van der Waals surface area contributed by atoms with Crippen molar-refractivity contribution in [3.8, 4) is 5.75 Å². The van der Waals surface area contributed by atoms with Gasteiger partial charge < -0.3 is 20.3 Å². The van der Waals surface area contributed by atoms with Gasteiger partial charge in [0.2, 0.25) is 0 Å². The highest BCUT2D eigenvalue weighted by Gasteiger charge is 2.22. The highest BCUT2D eigenvalue weighted by molar-refractivity contribution is 6.04. The molecule has 3 heterocycles. The van der Waals surface area contributed by atoms with Crippen LogP contribution in [0, 0.1) is 0 Å². The molecule has 0 saturated carbocycles. The number of nitrogens with one attached hydrogen (secondary N) is 2. The molecular formula is C28H28N4O2. The molecule has 2 aliphatic heterocycles. The van der Waals surface area contributed by atoms with Crippen LogP contribution in [-0.4, -0.2) is 41.5 Å². The van der Waals surface area contributed by atoms with Gasteiger partial charge in [-0.25, -0.2) is 4.98 Å². The Hall–Kier alpha value is -3.86. The van der Waals surface area contributed by atoms with Gasteiger partial charge in [-0.2, -0.15) is 0 Å². The van der Waals surface area contributed by atoms with Gasteiger partial charge in [-0.1, -0.05) is 17.9 Å². The lowest BCUT2D eigenvalue weighted by molar-refractivity contribution is 0.102. The number of piperazine rings is 1. The minimum Gasteiger partial charge on any atom is -0.491 e. The van der Waals surface area contributed by atoms with E-state index in [9.17, 15) is 4.79 Å². The first-order chi connectivity index (χ1) is 16.5. The molecule has 5 rings (SSSR count). The van der Waals surface area contributed by atoms with Gasteiger partial charge in [0.25, 0.3) is 5.91 Å². The lowest BCUT2D eigenvalue weighted by Crippen LogP contribution is -2.41. The average molecular weight is 453 g/mol. The minimum absolute atomic E-state index is 0.0878. The van der Waals surface area contributed by atoms with Crippen LogP contribution in [0.3, 0.4) is 0 Å². The minimum atomic E-state index is -0.203. The highest BCUT2D eigenvalue weighted by Crippen LogP contribution is 2.31. The first-order valence-electron chi connectivity index (χ1n) is 11.6. The maximum Gasteiger partial charge on any atom is 0.256 e. The molecule has 1 aromatic heterocycles. The summed E-state index contributed by atoms with van der Waals surface area (Å²) in [6.45, 7) is 8.71. The Bertz CT molecular complexity index is 1350. The molecular weight excluding hydrogens is 424 g/mol. The lowest BCUT2D eigenvalue weighted by atomic mass is 10.0. The summed E-state index contributed by atoms with van der Waals surface area (Å²) in [6, 6.07) is 15.4. The van der Waals surface area contributed by atoms with Gasteiger partial charge in [-0.15, -0.1) is 0 Å². The number of rotatable bonds is 5. The molecule has 1 saturated heterocycles. The molecule has 0 aliphatic carbocycles. The monoisotopic (exact) mass is 452 g/mol. The molecule has 0 radical (unpaired) electrons. The van der Waals surface area contributed by atoms with Gasteiger partial charge in [0.1, 0.15) is 11.6 Å². The van der Waals surface area contributed by atoms with Crippen molar-refractivity contribution in [3.05, 3.63) is 88.9 Å². The average Bonchev–Trinajstić information content (AvgIpc) is 2.83. The molecule has 2 N–H and O–H groups in total. The first kappa shape index (κ1) is 22.0. The number of aromatic nitrogens is 1. The van der Waals surface area contributed by atoms with Crippen LogP contribution in [0.2, 0.25) is 0 Å². The molecule has 0 spiro atoms. The van der Waals surface area contributed by atoms with Crippen LogP contribution in [0.4, 0.5) is 5.82 Å². The second kappa shape index (κ2) is 9.18. The quantitative estimate of drug-likeness (QED) is 0.536. The van der Waals surface area contributed by atoms with Crippen LogP contribution in [-0.2, 0) is 0 Å². The molecule has 0 unspecified atom stereocenters. The molecule has 0 bridgehead atoms. The van der Waals surface area contributed by atoms with Crippen LogP contribution in [0.15, 0.2) is 77.8 Å². The zero-order valence-electron chi connectivity index (χ0n) is 19.7. The molecule has 0 atom stereocenters. The smallest absolute Gasteiger partial charge is 0.256 e. The van der Waals surface area contributed by atoms with Crippen molar-refractivity contribution in [2.24, 2.45) is 0 Å². The fourth-order valence-corrected chi connectivity index (χ4v) is 4.31. The van der Waals surface area contributed by atoms with Gasteiger partial charge in [-0.05, 0) is 79.8 Å². The Labute approximate surface area is 199 Å². The van der Waals surface area contributed by atoms with Crippen molar-refractivity contribution in [3.63, 3.8) is 0 Å². The second-order valence-corrected chi connectivity index (χ2v) is 8.89. The van der Waals surface area contributed by atoms with E-state index in [1.807, 2.05) is 32.0 Å². The number of hydrogen-bond donors (Lipinski definition) is 2. The third-order valence-electron chi connectivity index (χ3n) is 5.86. The van der Waals surface area contributed by atoms with Crippen LogP contribution in [0.1, 0.15) is 36.7 Å². The van der Waals surface area contributed by atoms with Crippen molar-refractivity contribution in [2.75, 3.05) is 25.0 Å². The standard InChI is InChI=1S/C28H28N4O2/c1-18(2)34-25-8-6-20(7-9-25)28(33)31-27-15-23-14-21(4-5-22(23)16-30-27)26-13-19(3)12-24-17-29-10-11-32(24)26/h4-9,13-16,18,29H,10-11,17H2,1-3H3,(H,30,31,33). The molecule has 1 amide bonds. The Balaban J connectivity index is 1.38. The van der Waals surface area contributed by atoms with Crippen LogP contribution < -0.4 is 15.4 Å². The number of ether oxygens (including phenoxy) is 1. The van der Waals surface area contributed by atoms with Gasteiger partial charge in [0.15, 0.2) is 0 Å². The van der Waals surface area contributed by atoms with Crippen LogP contribution in [0.5, 0.6) is 5.75 Å². The van der Waals surface area contributed by atoms with Gasteiger partial charge in [0.05, 0.1) is 11.8 Å². The number of pyridine rings is 1.